The van der Waals surface area contributed by atoms with Crippen LogP contribution in [0.15, 0.2) is 0 Å². The van der Waals surface area contributed by atoms with Gasteiger partial charge >= 0.3 is 72.4 Å². The molecule has 0 aromatic heterocycles. The average Bonchev–Trinajstić information content (AvgIpc) is 4.37. The number of likely N-dealkylation sites (N-methyl/N-ethyl adjacent to an activating group) is 12. The molecular formula is C42H60N24O12. The van der Waals surface area contributed by atoms with Gasteiger partial charge in [-0.2, -0.15) is 0 Å². The first kappa shape index (κ1) is 48.9. The Labute approximate surface area is 445 Å². The molecule has 0 saturated carbocycles. The standard InChI is InChI=1S/C42H60N24O12/c1-43-19-20(44(2)31(43)67)56-14-58-23-24(48(6)33(69)47(23)5)60(39(58)75)16-62-27-28(52(10)35(71)51(27)9)64(41(62)77)18-66-30-29(53(11)36(72)54(30)12)65(42(66)78)17-63-26-25(49(7)34(70)50(26)8)61(40(63)76)15-59-22-21(45(3)32(68)46(22)4)57(38(59)74)13-55(19)37(56)73/h19-30H,13-18H2,1-12H3/t19-,20+,21+,22-,23-,24+,25+,26-,27-,28+,29+,30-. The van der Waals surface area contributed by atoms with Gasteiger partial charge in [-0.25, -0.2) is 57.5 Å². The molecule has 12 bridgehead atoms. The molecule has 13 heterocycles. The lowest BCUT2D eigenvalue weighted by molar-refractivity contribution is 0.0596. The molecule has 13 aliphatic heterocycles. The summed E-state index contributed by atoms with van der Waals surface area (Å²) < 4.78 is 0. The molecule has 0 spiro atoms. The topological polar surface area (TPSA) is 283 Å². The van der Waals surface area contributed by atoms with Crippen molar-refractivity contribution in [1.29, 1.82) is 0 Å². The van der Waals surface area contributed by atoms with Gasteiger partial charge in [0, 0.05) is 84.6 Å². The fraction of sp³-hybridized carbons (Fsp3) is 0.714. The van der Waals surface area contributed by atoms with Gasteiger partial charge in [0.25, 0.3) is 0 Å². The van der Waals surface area contributed by atoms with Gasteiger partial charge in [0.15, 0.2) is 74.0 Å². The average molecular weight is 1090 g/mol. The third kappa shape index (κ3) is 5.52. The smallest absolute Gasteiger partial charge is 0.303 e. The van der Waals surface area contributed by atoms with Crippen LogP contribution in [0.3, 0.4) is 0 Å². The van der Waals surface area contributed by atoms with Crippen molar-refractivity contribution in [2.75, 3.05) is 125 Å². The number of hydrogen-bond donors (Lipinski definition) is 0. The fourth-order valence-electron chi connectivity index (χ4n) is 14.8. The Bertz CT molecular complexity index is 2230. The maximum Gasteiger partial charge on any atom is 0.326 e. The number of carbonyl (C=O) groups is 12. The summed E-state index contributed by atoms with van der Waals surface area (Å²) in [5, 5.41) is 0. The van der Waals surface area contributed by atoms with Crippen LogP contribution < -0.4 is 0 Å². The summed E-state index contributed by atoms with van der Waals surface area (Å²) in [4.78, 5) is 207. The quantitative estimate of drug-likeness (QED) is 0.225. The largest absolute Gasteiger partial charge is 0.326 e. The van der Waals surface area contributed by atoms with E-state index in [1.54, 1.807) is 0 Å². The molecule has 0 aliphatic carbocycles. The molecule has 0 aromatic carbocycles. The van der Waals surface area contributed by atoms with Gasteiger partial charge in [0.2, 0.25) is 0 Å². The highest BCUT2D eigenvalue weighted by atomic mass is 16.2. The Morgan fingerprint density at radius 1 is 0.167 bits per heavy atom. The lowest BCUT2D eigenvalue weighted by Crippen LogP contribution is -2.56. The Kier molecular flexibility index (Phi) is 9.69. The Morgan fingerprint density at radius 2 is 0.244 bits per heavy atom. The minimum atomic E-state index is -1.08. The molecule has 0 aromatic rings. The van der Waals surface area contributed by atoms with Gasteiger partial charge in [-0.15, -0.1) is 0 Å². The molecule has 36 heteroatoms. The lowest BCUT2D eigenvalue weighted by Gasteiger charge is -2.35. The fourth-order valence-corrected chi connectivity index (χ4v) is 14.8. The second-order valence-electron chi connectivity index (χ2n) is 22.2. The minimum Gasteiger partial charge on any atom is -0.303 e. The number of urea groups is 12. The van der Waals surface area contributed by atoms with Gasteiger partial charge < -0.3 is 58.8 Å². The van der Waals surface area contributed by atoms with Crippen LogP contribution in [0.25, 0.3) is 0 Å². The van der Waals surface area contributed by atoms with Crippen molar-refractivity contribution < 1.29 is 57.5 Å². The van der Waals surface area contributed by atoms with Crippen molar-refractivity contribution in [2.45, 2.75) is 74.0 Å². The summed E-state index contributed by atoms with van der Waals surface area (Å²) in [6.45, 7) is -3.09. The van der Waals surface area contributed by atoms with E-state index in [2.05, 4.69) is 0 Å². The molecule has 13 rings (SSSR count). The van der Waals surface area contributed by atoms with E-state index in [0.717, 1.165) is 0 Å². The first-order valence-electron chi connectivity index (χ1n) is 25.2. The van der Waals surface area contributed by atoms with Gasteiger partial charge in [-0.3, -0.25) is 58.8 Å². The number of rotatable bonds is 0. The maximum absolute atomic E-state index is 15.3. The SMILES string of the molecule is CN1C(=O)N(C)[C@@H]2[C@H]1N1CN3C(=O)N(CN4C(=O)N(CN5C(=O)N(CN6C(=O)N(CN7C(=O)N(CN2C1=O)[C@@H]1[C@H]7N(C)C(=O)N1C)[C@@H]1[C@H]6N(C)C(=O)N1C)[C@@H]1[C@H]5N(C)C(=O)N1C)[C@@H]1[C@H]4N(C)C(=O)N1C)[C@@H]1[C@H]3N(C)C(=O)N1C. The molecule has 13 aliphatic rings. The summed E-state index contributed by atoms with van der Waals surface area (Å²) in [5.74, 6) is 0. The van der Waals surface area contributed by atoms with E-state index in [1.165, 1.54) is 202 Å². The van der Waals surface area contributed by atoms with Crippen LogP contribution in [0.2, 0.25) is 0 Å². The van der Waals surface area contributed by atoms with Crippen LogP contribution >= 0.6 is 0 Å². The van der Waals surface area contributed by atoms with Crippen molar-refractivity contribution in [3.63, 3.8) is 0 Å². The highest BCUT2D eigenvalue weighted by molar-refractivity contribution is 5.92. The predicted octanol–water partition coefficient (Wildman–Crippen LogP) is -3.93. The number of fused-ring (bicyclic) bond motifs is 30. The van der Waals surface area contributed by atoms with Crippen molar-refractivity contribution >= 4 is 72.4 Å². The Balaban J connectivity index is 0.952. The number of nitrogens with zero attached hydrogens (tertiary/aromatic N) is 24. The van der Waals surface area contributed by atoms with Crippen LogP contribution in [-0.4, -0.2) is 389 Å². The van der Waals surface area contributed by atoms with Crippen LogP contribution in [0.5, 0.6) is 0 Å². The van der Waals surface area contributed by atoms with Crippen molar-refractivity contribution in [3.8, 4) is 0 Å². The molecule has 24 amide bonds. The summed E-state index contributed by atoms with van der Waals surface area (Å²) in [5.41, 5.74) is 0. The van der Waals surface area contributed by atoms with Gasteiger partial charge in [-0.1, -0.05) is 0 Å². The first-order chi connectivity index (χ1) is 36.8. The maximum atomic E-state index is 15.3. The third-order valence-electron chi connectivity index (χ3n) is 18.6. The van der Waals surface area contributed by atoms with E-state index in [1.807, 2.05) is 0 Å². The highest BCUT2D eigenvalue weighted by Gasteiger charge is 2.69. The van der Waals surface area contributed by atoms with E-state index < -0.39 is 186 Å². The molecular weight excluding hydrogens is 1030 g/mol. The van der Waals surface area contributed by atoms with E-state index in [9.17, 15) is 28.8 Å². The molecule has 12 atom stereocenters. The van der Waals surface area contributed by atoms with Gasteiger partial charge in [-0.05, 0) is 0 Å². The zero-order chi connectivity index (χ0) is 56.0. The van der Waals surface area contributed by atoms with Crippen molar-refractivity contribution in [3.05, 3.63) is 0 Å². The molecule has 0 unspecified atom stereocenters. The number of carbonyl (C=O) groups excluding carboxylic acids is 12. The molecule has 420 valence electrons. The molecule has 13 saturated heterocycles. The van der Waals surface area contributed by atoms with Crippen LogP contribution in [0.4, 0.5) is 57.5 Å². The molecule has 0 radical (unpaired) electrons. The Morgan fingerprint density at radius 3 is 0.321 bits per heavy atom. The predicted molar refractivity (Wildman–Crippen MR) is 255 cm³/mol. The number of amides is 24. The minimum absolute atomic E-state index is 0.504. The van der Waals surface area contributed by atoms with Gasteiger partial charge in [0.1, 0.15) is 40.0 Å². The van der Waals surface area contributed by atoms with E-state index in [-0.39, 0.29) is 0 Å². The monoisotopic (exact) mass is 1090 g/mol. The van der Waals surface area contributed by atoms with Crippen LogP contribution in [0, 0.1) is 0 Å². The van der Waals surface area contributed by atoms with E-state index >= 15 is 28.8 Å². The molecule has 13 fully saturated rings. The summed E-state index contributed by atoms with van der Waals surface area (Å²) in [7, 11) is 17.8. The van der Waals surface area contributed by atoms with Crippen molar-refractivity contribution in [1.82, 2.24) is 118 Å². The second kappa shape index (κ2) is 15.5. The van der Waals surface area contributed by atoms with Crippen LogP contribution in [-0.2, 0) is 0 Å². The van der Waals surface area contributed by atoms with E-state index in [0.29, 0.717) is 0 Å². The zero-order valence-electron chi connectivity index (χ0n) is 44.8. The number of hydrogen-bond acceptors (Lipinski definition) is 12. The molecule has 78 heavy (non-hydrogen) atoms. The summed E-state index contributed by atoms with van der Waals surface area (Å²) >= 11 is 0. The zero-order valence-corrected chi connectivity index (χ0v) is 44.8. The lowest BCUT2D eigenvalue weighted by atomic mass is 10.3. The van der Waals surface area contributed by atoms with E-state index in [4.69, 9.17) is 0 Å². The third-order valence-corrected chi connectivity index (χ3v) is 18.6. The van der Waals surface area contributed by atoms with Crippen molar-refractivity contribution in [2.24, 2.45) is 0 Å². The normalized spacial score (nSPS) is 35.8. The molecule has 36 nitrogen and oxygen atoms in total. The first-order valence-corrected chi connectivity index (χ1v) is 25.2. The molecule has 0 N–H and O–H groups in total. The highest BCUT2D eigenvalue weighted by Crippen LogP contribution is 2.45. The summed E-state index contributed by atoms with van der Waals surface area (Å²) in [6, 6.07) is -7.36. The summed E-state index contributed by atoms with van der Waals surface area (Å²) in [6.07, 6.45) is -13.0. The van der Waals surface area contributed by atoms with Gasteiger partial charge in [0.05, 0.1) is 0 Å². The van der Waals surface area contributed by atoms with Crippen LogP contribution in [0.1, 0.15) is 0 Å². The second-order valence-corrected chi connectivity index (χ2v) is 22.2. The Hall–Kier alpha value is -8.76.